The Morgan fingerprint density at radius 1 is 1.38 bits per heavy atom. The fourth-order valence-corrected chi connectivity index (χ4v) is 2.79. The number of β-amino-alcohol motifs (C(OH)–C–C–N with tert-alkyl or cyclic N) is 1. The summed E-state index contributed by atoms with van der Waals surface area (Å²) in [6, 6.07) is 6.39. The number of carbonyl (C=O) groups is 1. The Bertz CT molecular complexity index is 618. The minimum absolute atomic E-state index is 0.0380. The first-order chi connectivity index (χ1) is 9.87. The molecule has 1 fully saturated rings. The second-order valence-corrected chi connectivity index (χ2v) is 6.86. The SMILES string of the molecule is CS(=O)(=O)Nc1ccccc1C(=O)NCC1CNCC1O. The van der Waals surface area contributed by atoms with Crippen molar-refractivity contribution < 1.29 is 18.3 Å². The van der Waals surface area contributed by atoms with Crippen molar-refractivity contribution in [1.29, 1.82) is 0 Å². The Balaban J connectivity index is 2.05. The molecule has 0 radical (unpaired) electrons. The van der Waals surface area contributed by atoms with Gasteiger partial charge in [0, 0.05) is 25.6 Å². The number of hydrogen-bond acceptors (Lipinski definition) is 5. The highest BCUT2D eigenvalue weighted by Crippen LogP contribution is 2.16. The van der Waals surface area contributed by atoms with Gasteiger partial charge in [-0.1, -0.05) is 12.1 Å². The molecule has 1 heterocycles. The molecule has 0 aliphatic carbocycles. The third-order valence-electron chi connectivity index (χ3n) is 3.30. The number of sulfonamides is 1. The van der Waals surface area contributed by atoms with Gasteiger partial charge < -0.3 is 15.7 Å². The fourth-order valence-electron chi connectivity index (χ4n) is 2.22. The van der Waals surface area contributed by atoms with Crippen LogP contribution in [0.15, 0.2) is 24.3 Å². The molecule has 2 rings (SSSR count). The molecule has 21 heavy (non-hydrogen) atoms. The number of anilines is 1. The van der Waals surface area contributed by atoms with Gasteiger partial charge in [0.2, 0.25) is 10.0 Å². The van der Waals surface area contributed by atoms with E-state index in [1.807, 2.05) is 0 Å². The predicted molar refractivity (Wildman–Crippen MR) is 79.6 cm³/mol. The van der Waals surface area contributed by atoms with Gasteiger partial charge in [-0.2, -0.15) is 0 Å². The van der Waals surface area contributed by atoms with Gasteiger partial charge in [0.05, 0.1) is 23.6 Å². The molecule has 0 bridgehead atoms. The number of amides is 1. The lowest BCUT2D eigenvalue weighted by molar-refractivity contribution is 0.0928. The summed E-state index contributed by atoms with van der Waals surface area (Å²) < 4.78 is 24.9. The molecule has 0 spiro atoms. The van der Waals surface area contributed by atoms with Crippen molar-refractivity contribution in [1.82, 2.24) is 10.6 Å². The van der Waals surface area contributed by atoms with E-state index < -0.39 is 16.1 Å². The molecule has 116 valence electrons. The summed E-state index contributed by atoms with van der Waals surface area (Å²) in [5.74, 6) is -0.412. The van der Waals surface area contributed by atoms with Crippen LogP contribution in [0.1, 0.15) is 10.4 Å². The van der Waals surface area contributed by atoms with E-state index in [0.717, 1.165) is 6.26 Å². The van der Waals surface area contributed by atoms with Gasteiger partial charge in [-0.25, -0.2) is 8.42 Å². The Morgan fingerprint density at radius 3 is 2.71 bits per heavy atom. The summed E-state index contributed by atoms with van der Waals surface area (Å²) in [6.07, 6.45) is 0.553. The van der Waals surface area contributed by atoms with Gasteiger partial charge >= 0.3 is 0 Å². The van der Waals surface area contributed by atoms with Crippen LogP contribution in [0, 0.1) is 5.92 Å². The van der Waals surface area contributed by atoms with Crippen LogP contribution in [-0.4, -0.2) is 51.4 Å². The van der Waals surface area contributed by atoms with Crippen molar-refractivity contribution in [3.63, 3.8) is 0 Å². The molecule has 1 saturated heterocycles. The molecule has 1 aromatic rings. The molecular formula is C13H19N3O4S. The third-order valence-corrected chi connectivity index (χ3v) is 3.89. The molecule has 8 heteroatoms. The first kappa shape index (κ1) is 15.7. The first-order valence-electron chi connectivity index (χ1n) is 6.60. The van der Waals surface area contributed by atoms with Gasteiger partial charge in [0.1, 0.15) is 0 Å². The number of rotatable bonds is 5. The number of aliphatic hydroxyl groups excluding tert-OH is 1. The molecule has 7 nitrogen and oxygen atoms in total. The molecule has 1 aliphatic heterocycles. The van der Waals surface area contributed by atoms with E-state index in [2.05, 4.69) is 15.4 Å². The van der Waals surface area contributed by atoms with Crippen LogP contribution in [0.3, 0.4) is 0 Å². The number of aliphatic hydroxyl groups is 1. The van der Waals surface area contributed by atoms with Gasteiger partial charge in [0.25, 0.3) is 5.91 Å². The zero-order valence-corrected chi connectivity index (χ0v) is 12.5. The largest absolute Gasteiger partial charge is 0.391 e. The van der Waals surface area contributed by atoms with Gasteiger partial charge in [-0.3, -0.25) is 9.52 Å². The highest BCUT2D eigenvalue weighted by molar-refractivity contribution is 7.92. The lowest BCUT2D eigenvalue weighted by atomic mass is 10.1. The van der Waals surface area contributed by atoms with Crippen LogP contribution in [0.2, 0.25) is 0 Å². The summed E-state index contributed by atoms with van der Waals surface area (Å²) in [7, 11) is -3.45. The third kappa shape index (κ3) is 4.42. The van der Waals surface area contributed by atoms with Crippen molar-refractivity contribution in [2.45, 2.75) is 6.10 Å². The van der Waals surface area contributed by atoms with Crippen LogP contribution >= 0.6 is 0 Å². The van der Waals surface area contributed by atoms with Crippen molar-refractivity contribution in [2.75, 3.05) is 30.6 Å². The van der Waals surface area contributed by atoms with Crippen molar-refractivity contribution >= 4 is 21.6 Å². The van der Waals surface area contributed by atoms with E-state index in [0.29, 0.717) is 19.6 Å². The number of carbonyl (C=O) groups excluding carboxylic acids is 1. The average Bonchev–Trinajstić information content (AvgIpc) is 2.80. The molecule has 1 amide bonds. The Kier molecular flexibility index (Phi) is 4.81. The summed E-state index contributed by atoms with van der Waals surface area (Å²) in [6.45, 7) is 1.50. The smallest absolute Gasteiger partial charge is 0.253 e. The molecule has 0 saturated carbocycles. The zero-order chi connectivity index (χ0) is 15.5. The first-order valence-corrected chi connectivity index (χ1v) is 8.50. The molecule has 2 atom stereocenters. The average molecular weight is 313 g/mol. The molecule has 4 N–H and O–H groups in total. The van der Waals surface area contributed by atoms with Crippen molar-refractivity contribution in [3.8, 4) is 0 Å². The van der Waals surface area contributed by atoms with Crippen molar-refractivity contribution in [2.24, 2.45) is 5.92 Å². The summed E-state index contributed by atoms with van der Waals surface area (Å²) in [4.78, 5) is 12.2. The lowest BCUT2D eigenvalue weighted by Gasteiger charge is -2.15. The van der Waals surface area contributed by atoms with E-state index in [4.69, 9.17) is 0 Å². The maximum atomic E-state index is 12.2. The topological polar surface area (TPSA) is 108 Å². The number of hydrogen-bond donors (Lipinski definition) is 4. The van der Waals surface area contributed by atoms with Gasteiger partial charge in [-0.05, 0) is 12.1 Å². The van der Waals surface area contributed by atoms with Crippen LogP contribution in [-0.2, 0) is 10.0 Å². The van der Waals surface area contributed by atoms with E-state index in [1.54, 1.807) is 18.2 Å². The van der Waals surface area contributed by atoms with Crippen LogP contribution in [0.4, 0.5) is 5.69 Å². The Morgan fingerprint density at radius 2 is 2.10 bits per heavy atom. The van der Waals surface area contributed by atoms with E-state index in [-0.39, 0.29) is 23.1 Å². The summed E-state index contributed by atoms with van der Waals surface area (Å²) in [5.41, 5.74) is 0.492. The Hall–Kier alpha value is -1.64. The summed E-state index contributed by atoms with van der Waals surface area (Å²) in [5, 5.41) is 15.4. The highest BCUT2D eigenvalue weighted by atomic mass is 32.2. The molecule has 2 unspecified atom stereocenters. The number of nitrogens with one attached hydrogen (secondary N) is 3. The van der Waals surface area contributed by atoms with Crippen LogP contribution in [0.25, 0.3) is 0 Å². The van der Waals surface area contributed by atoms with Crippen molar-refractivity contribution in [3.05, 3.63) is 29.8 Å². The van der Waals surface area contributed by atoms with E-state index in [1.165, 1.54) is 6.07 Å². The maximum absolute atomic E-state index is 12.2. The highest BCUT2D eigenvalue weighted by Gasteiger charge is 2.25. The second kappa shape index (κ2) is 6.42. The summed E-state index contributed by atoms with van der Waals surface area (Å²) >= 11 is 0. The van der Waals surface area contributed by atoms with E-state index in [9.17, 15) is 18.3 Å². The normalized spacial score (nSPS) is 22.0. The second-order valence-electron chi connectivity index (χ2n) is 5.12. The molecular weight excluding hydrogens is 294 g/mol. The van der Waals surface area contributed by atoms with E-state index >= 15 is 0 Å². The zero-order valence-electron chi connectivity index (χ0n) is 11.7. The lowest BCUT2D eigenvalue weighted by Crippen LogP contribution is -2.34. The predicted octanol–water partition coefficient (Wildman–Crippen LogP) is -0.632. The van der Waals surface area contributed by atoms with Crippen LogP contribution in [0.5, 0.6) is 0 Å². The molecule has 1 aromatic carbocycles. The Labute approximate surface area is 123 Å². The minimum Gasteiger partial charge on any atom is -0.391 e. The quantitative estimate of drug-likeness (QED) is 0.579. The number of benzene rings is 1. The van der Waals surface area contributed by atoms with Gasteiger partial charge in [0.15, 0.2) is 0 Å². The minimum atomic E-state index is -3.45. The standard InChI is InChI=1S/C13H19N3O4S/c1-21(19,20)16-11-5-3-2-4-10(11)13(18)15-7-9-6-14-8-12(9)17/h2-5,9,12,14,16-17H,6-8H2,1H3,(H,15,18). The molecule has 0 aromatic heterocycles. The van der Waals surface area contributed by atoms with Gasteiger partial charge in [-0.15, -0.1) is 0 Å². The maximum Gasteiger partial charge on any atom is 0.253 e. The molecule has 1 aliphatic rings. The monoisotopic (exact) mass is 313 g/mol. The van der Waals surface area contributed by atoms with Crippen LogP contribution < -0.4 is 15.4 Å². The number of para-hydroxylation sites is 1. The fraction of sp³-hybridized carbons (Fsp3) is 0.462.